The molecule has 4 rings (SSSR count). The van der Waals surface area contributed by atoms with Gasteiger partial charge in [0.2, 0.25) is 5.91 Å². The third-order valence-corrected chi connectivity index (χ3v) is 9.29. The molecule has 218 valence electrons. The quantitative estimate of drug-likeness (QED) is 0.329. The van der Waals surface area contributed by atoms with E-state index in [9.17, 15) is 19.8 Å². The second kappa shape index (κ2) is 13.9. The molecule has 1 heterocycles. The topological polar surface area (TPSA) is 93.1 Å². The highest BCUT2D eigenvalue weighted by Crippen LogP contribution is 2.39. The minimum Gasteiger partial charge on any atom is -0.465 e. The van der Waals surface area contributed by atoms with Gasteiger partial charge >= 0.3 is 6.09 Å². The van der Waals surface area contributed by atoms with Gasteiger partial charge in [-0.15, -0.1) is 11.8 Å². The molecule has 2 aromatic rings. The van der Waals surface area contributed by atoms with Crippen molar-refractivity contribution in [3.8, 4) is 0 Å². The van der Waals surface area contributed by atoms with E-state index in [0.717, 1.165) is 36.3 Å². The van der Waals surface area contributed by atoms with E-state index in [4.69, 9.17) is 0 Å². The first kappa shape index (κ1) is 30.4. The van der Waals surface area contributed by atoms with Crippen LogP contribution >= 0.6 is 11.8 Å². The molecule has 2 aliphatic rings. The first-order valence-electron chi connectivity index (χ1n) is 14.6. The monoisotopic (exact) mass is 567 g/mol. The fourth-order valence-corrected chi connectivity index (χ4v) is 7.32. The highest BCUT2D eigenvalue weighted by Gasteiger charge is 2.42. The lowest BCUT2D eigenvalue weighted by atomic mass is 9.72. The number of hydrogen-bond donors (Lipinski definition) is 3. The molecule has 5 atom stereocenters. The molecule has 1 aliphatic heterocycles. The summed E-state index contributed by atoms with van der Waals surface area (Å²) in [5, 5.41) is 25.2. The second-order valence-corrected chi connectivity index (χ2v) is 13.5. The molecule has 2 amide bonds. The molecule has 2 aromatic carbocycles. The predicted octanol–water partition coefficient (Wildman–Crippen LogP) is 5.48. The van der Waals surface area contributed by atoms with Gasteiger partial charge in [-0.25, -0.2) is 4.79 Å². The molecule has 7 nitrogen and oxygen atoms in total. The van der Waals surface area contributed by atoms with Gasteiger partial charge in [0.25, 0.3) is 0 Å². The Kier molecular flexibility index (Phi) is 10.6. The molecule has 1 saturated heterocycles. The highest BCUT2D eigenvalue weighted by atomic mass is 32.2. The molecule has 1 saturated carbocycles. The maximum absolute atomic E-state index is 13.5. The van der Waals surface area contributed by atoms with Gasteiger partial charge < -0.3 is 15.5 Å². The molecule has 0 bridgehead atoms. The van der Waals surface area contributed by atoms with Crippen LogP contribution in [0.2, 0.25) is 0 Å². The van der Waals surface area contributed by atoms with Crippen LogP contribution in [-0.2, 0) is 11.3 Å². The summed E-state index contributed by atoms with van der Waals surface area (Å²) in [4.78, 5) is 30.6. The van der Waals surface area contributed by atoms with E-state index < -0.39 is 18.2 Å². The number of nitrogens with one attached hydrogen (secondary N) is 1. The smallest absolute Gasteiger partial charge is 0.407 e. The van der Waals surface area contributed by atoms with E-state index in [1.54, 1.807) is 11.8 Å². The van der Waals surface area contributed by atoms with Crippen LogP contribution in [0.4, 0.5) is 4.79 Å². The van der Waals surface area contributed by atoms with Crippen LogP contribution in [0.3, 0.4) is 0 Å². The van der Waals surface area contributed by atoms with Crippen LogP contribution in [0.15, 0.2) is 65.6 Å². The number of amides is 2. The third-order valence-electron chi connectivity index (χ3n) is 8.17. The number of β-amino-alcohol motifs (C(OH)–C–C–N with tert-alkyl or cyclic N) is 1. The van der Waals surface area contributed by atoms with Gasteiger partial charge in [-0.3, -0.25) is 14.6 Å². The van der Waals surface area contributed by atoms with Gasteiger partial charge in [-0.2, -0.15) is 0 Å². The summed E-state index contributed by atoms with van der Waals surface area (Å²) in [7, 11) is 0. The van der Waals surface area contributed by atoms with Crippen LogP contribution in [0.5, 0.6) is 0 Å². The Morgan fingerprint density at radius 3 is 2.27 bits per heavy atom. The van der Waals surface area contributed by atoms with Crippen molar-refractivity contribution in [2.24, 2.45) is 11.8 Å². The number of benzene rings is 2. The van der Waals surface area contributed by atoms with Gasteiger partial charge in [0.05, 0.1) is 18.2 Å². The Bertz CT molecular complexity index is 1090. The largest absolute Gasteiger partial charge is 0.465 e. The van der Waals surface area contributed by atoms with E-state index in [0.29, 0.717) is 17.6 Å². The second-order valence-electron chi connectivity index (χ2n) is 12.4. The third kappa shape index (κ3) is 8.48. The van der Waals surface area contributed by atoms with Crippen LogP contribution in [0, 0.1) is 11.8 Å². The van der Waals surface area contributed by atoms with Crippen LogP contribution < -0.4 is 5.32 Å². The number of carbonyl (C=O) groups excluding carboxylic acids is 1. The number of carbonyl (C=O) groups is 2. The Hall–Kier alpha value is -2.55. The van der Waals surface area contributed by atoms with Gasteiger partial charge in [0.1, 0.15) is 0 Å². The van der Waals surface area contributed by atoms with E-state index in [1.807, 2.05) is 81.4 Å². The zero-order chi connectivity index (χ0) is 28.7. The molecule has 40 heavy (non-hydrogen) atoms. The molecule has 2 fully saturated rings. The number of aliphatic hydroxyl groups is 1. The Balaban J connectivity index is 1.57. The average Bonchev–Trinajstić information content (AvgIpc) is 2.92. The summed E-state index contributed by atoms with van der Waals surface area (Å²) >= 11 is 1.55. The lowest BCUT2D eigenvalue weighted by Crippen LogP contribution is -2.60. The summed E-state index contributed by atoms with van der Waals surface area (Å²) in [5.74, 6) is 1.44. The number of carboxylic acid groups (broad SMARTS) is 1. The van der Waals surface area contributed by atoms with Crippen molar-refractivity contribution in [2.45, 2.75) is 88.0 Å². The highest BCUT2D eigenvalue weighted by molar-refractivity contribution is 7.99. The van der Waals surface area contributed by atoms with Crippen molar-refractivity contribution in [2.75, 3.05) is 18.8 Å². The Morgan fingerprint density at radius 2 is 1.65 bits per heavy atom. The van der Waals surface area contributed by atoms with Crippen molar-refractivity contribution in [1.82, 2.24) is 15.1 Å². The van der Waals surface area contributed by atoms with Crippen molar-refractivity contribution >= 4 is 23.8 Å². The van der Waals surface area contributed by atoms with Crippen LogP contribution in [0.25, 0.3) is 0 Å². The average molecular weight is 568 g/mol. The number of thioether (sulfide) groups is 1. The zero-order valence-electron chi connectivity index (χ0n) is 24.0. The minimum atomic E-state index is -1.06. The number of hydrogen-bond acceptors (Lipinski definition) is 5. The summed E-state index contributed by atoms with van der Waals surface area (Å²) in [6.07, 6.45) is 3.49. The van der Waals surface area contributed by atoms with Gasteiger partial charge in [0, 0.05) is 35.8 Å². The summed E-state index contributed by atoms with van der Waals surface area (Å²) in [5.41, 5.74) is 0.521. The summed E-state index contributed by atoms with van der Waals surface area (Å²) in [6, 6.07) is 18.4. The lowest BCUT2D eigenvalue weighted by molar-refractivity contribution is -0.132. The van der Waals surface area contributed by atoms with E-state index >= 15 is 0 Å². The standard InChI is InChI=1S/C32H45N3O4S/c1-32(2,3)33-30(37)27-18-24-14-10-11-15-25(24)20-34(27)21-29(36)28(22-40-26-16-8-5-9-17-26)35(31(38)39)19-23-12-6-4-7-13-23/h4-9,12-13,16-17,24-25,27-29,36H,10-11,14-15,18-22H2,1-3H3,(H,33,37)(H,38,39)/t24-,25+,27-,28-,29+/m0/s1. The van der Waals surface area contributed by atoms with Crippen LogP contribution in [-0.4, -0.2) is 74.6 Å². The van der Waals surface area contributed by atoms with Crippen molar-refractivity contribution in [3.05, 3.63) is 66.2 Å². The van der Waals surface area contributed by atoms with Crippen LogP contribution in [0.1, 0.15) is 58.4 Å². The van der Waals surface area contributed by atoms with Gasteiger partial charge in [0.15, 0.2) is 0 Å². The number of fused-ring (bicyclic) bond motifs is 1. The Morgan fingerprint density at radius 1 is 1.02 bits per heavy atom. The lowest BCUT2D eigenvalue weighted by Gasteiger charge is -2.47. The SMILES string of the molecule is CC(C)(C)NC(=O)[C@@H]1C[C@@H]2CCCC[C@@H]2CN1C[C@@H](O)[C@H](CSc1ccccc1)N(Cc1ccccc1)C(=O)O. The fraction of sp³-hybridized carbons (Fsp3) is 0.562. The van der Waals surface area contributed by atoms with Crippen molar-refractivity contribution in [3.63, 3.8) is 0 Å². The van der Waals surface area contributed by atoms with E-state index in [1.165, 1.54) is 17.7 Å². The Labute approximate surface area is 243 Å². The fourth-order valence-electron chi connectivity index (χ4n) is 6.20. The first-order valence-corrected chi connectivity index (χ1v) is 15.5. The molecule has 0 radical (unpaired) electrons. The molecular weight excluding hydrogens is 522 g/mol. The minimum absolute atomic E-state index is 0.00156. The molecule has 0 aromatic heterocycles. The molecule has 0 unspecified atom stereocenters. The summed E-state index contributed by atoms with van der Waals surface area (Å²) < 4.78 is 0. The maximum atomic E-state index is 13.5. The molecule has 8 heteroatoms. The van der Waals surface area contributed by atoms with E-state index in [2.05, 4.69) is 10.2 Å². The number of likely N-dealkylation sites (tertiary alicyclic amines) is 1. The number of piperidine rings is 1. The normalized spacial score (nSPS) is 23.1. The van der Waals surface area contributed by atoms with Crippen molar-refractivity contribution < 1.29 is 19.8 Å². The van der Waals surface area contributed by atoms with Crippen molar-refractivity contribution in [1.29, 1.82) is 0 Å². The number of nitrogens with zero attached hydrogens (tertiary/aromatic N) is 2. The van der Waals surface area contributed by atoms with Gasteiger partial charge in [-0.05, 0) is 63.1 Å². The first-order chi connectivity index (χ1) is 19.1. The number of rotatable bonds is 10. The summed E-state index contributed by atoms with van der Waals surface area (Å²) in [6.45, 7) is 7.16. The van der Waals surface area contributed by atoms with E-state index in [-0.39, 0.29) is 30.6 Å². The molecular formula is C32H45N3O4S. The maximum Gasteiger partial charge on any atom is 0.407 e. The number of aliphatic hydroxyl groups excluding tert-OH is 1. The zero-order valence-corrected chi connectivity index (χ0v) is 24.9. The molecule has 3 N–H and O–H groups in total. The molecule has 1 aliphatic carbocycles. The molecule has 0 spiro atoms. The van der Waals surface area contributed by atoms with Gasteiger partial charge in [-0.1, -0.05) is 67.8 Å². The predicted molar refractivity (Wildman–Crippen MR) is 160 cm³/mol.